The average Bonchev–Trinajstić information content (AvgIpc) is 3.20. The summed E-state index contributed by atoms with van der Waals surface area (Å²) in [6.45, 7) is 9.22. The Balaban J connectivity index is 2.05. The van der Waals surface area contributed by atoms with Gasteiger partial charge in [0.05, 0.1) is 9.60 Å². The van der Waals surface area contributed by atoms with E-state index >= 15 is 0 Å². The van der Waals surface area contributed by atoms with Crippen LogP contribution in [0.2, 0.25) is 0 Å². The Labute approximate surface area is 198 Å². The molecule has 3 aromatic rings. The van der Waals surface area contributed by atoms with Crippen molar-refractivity contribution in [1.29, 1.82) is 0 Å². The van der Waals surface area contributed by atoms with E-state index in [2.05, 4.69) is 30.7 Å². The molecule has 0 saturated heterocycles. The number of carbonyl (C=O) groups is 1. The highest BCUT2D eigenvalue weighted by atomic mass is 32.2. The van der Waals surface area contributed by atoms with Crippen LogP contribution in [0, 0.1) is 0 Å². The molecule has 0 unspecified atom stereocenters. The molecule has 3 rings (SSSR count). The predicted octanol–water partition coefficient (Wildman–Crippen LogP) is 4.80. The molecule has 1 heterocycles. The molecule has 0 aliphatic heterocycles. The van der Waals surface area contributed by atoms with Gasteiger partial charge in [0.15, 0.2) is 15.0 Å². The van der Waals surface area contributed by atoms with E-state index in [4.69, 9.17) is 0 Å². The van der Waals surface area contributed by atoms with Crippen molar-refractivity contribution in [3.63, 3.8) is 0 Å². The van der Waals surface area contributed by atoms with Crippen LogP contribution in [-0.2, 0) is 9.84 Å². The monoisotopic (exact) mass is 491 g/mol. The van der Waals surface area contributed by atoms with Gasteiger partial charge in [-0.15, -0.1) is 11.8 Å². The molecule has 1 aromatic heterocycles. The predicted molar refractivity (Wildman–Crippen MR) is 135 cm³/mol. The fourth-order valence-electron chi connectivity index (χ4n) is 3.43. The summed E-state index contributed by atoms with van der Waals surface area (Å²) in [5.74, 6) is 0.797. The van der Waals surface area contributed by atoms with Crippen LogP contribution < -0.4 is 4.90 Å². The molecule has 0 atom stereocenters. The van der Waals surface area contributed by atoms with E-state index in [9.17, 15) is 13.2 Å². The van der Waals surface area contributed by atoms with Gasteiger partial charge in [0.2, 0.25) is 0 Å². The Morgan fingerprint density at radius 1 is 1.06 bits per heavy atom. The minimum atomic E-state index is -3.43. The molecule has 0 aliphatic carbocycles. The topological polar surface area (TPSA) is 70.6 Å². The van der Waals surface area contributed by atoms with E-state index in [0.717, 1.165) is 28.4 Å². The molecule has 9 heteroatoms. The fourth-order valence-corrected chi connectivity index (χ4v) is 6.07. The molecule has 0 spiro atoms. The second kappa shape index (κ2) is 10.8. The summed E-state index contributed by atoms with van der Waals surface area (Å²) in [4.78, 5) is 23.4. The average molecular weight is 492 g/mol. The minimum absolute atomic E-state index is 0.129. The highest BCUT2D eigenvalue weighted by Gasteiger charge is 2.24. The molecule has 0 fully saturated rings. The Kier molecular flexibility index (Phi) is 8.32. The summed E-state index contributed by atoms with van der Waals surface area (Å²) in [6, 6.07) is 12.8. The first-order valence-corrected chi connectivity index (χ1v) is 14.3. The quantitative estimate of drug-likeness (QED) is 0.380. The third-order valence-electron chi connectivity index (χ3n) is 5.17. The number of rotatable bonds is 10. The number of likely N-dealkylation sites (N-methyl/N-ethyl adjacent to an activating group) is 1. The van der Waals surface area contributed by atoms with E-state index in [1.807, 2.05) is 30.3 Å². The van der Waals surface area contributed by atoms with Crippen molar-refractivity contribution < 1.29 is 13.2 Å². The summed E-state index contributed by atoms with van der Waals surface area (Å²) in [6.07, 6.45) is 1.18. The Hall–Kier alpha value is -1.94. The third-order valence-corrected chi connectivity index (χ3v) is 8.22. The minimum Gasteiger partial charge on any atom is -0.302 e. The van der Waals surface area contributed by atoms with Gasteiger partial charge in [-0.1, -0.05) is 44.2 Å². The Bertz CT molecular complexity index is 1190. The van der Waals surface area contributed by atoms with E-state index in [1.165, 1.54) is 17.6 Å². The molecule has 0 saturated carbocycles. The smallest absolute Gasteiger partial charge is 0.260 e. The van der Waals surface area contributed by atoms with E-state index in [-0.39, 0.29) is 10.8 Å². The van der Waals surface area contributed by atoms with Gasteiger partial charge < -0.3 is 4.90 Å². The van der Waals surface area contributed by atoms with Crippen molar-refractivity contribution in [1.82, 2.24) is 9.88 Å². The number of amides is 1. The first-order chi connectivity index (χ1) is 15.3. The van der Waals surface area contributed by atoms with Crippen molar-refractivity contribution in [3.8, 4) is 0 Å². The second-order valence-corrected chi connectivity index (χ2v) is 11.6. The van der Waals surface area contributed by atoms with Gasteiger partial charge in [-0.25, -0.2) is 13.4 Å². The van der Waals surface area contributed by atoms with Crippen molar-refractivity contribution in [2.24, 2.45) is 0 Å². The molecule has 1 amide bonds. The number of para-hydroxylation sites is 1. The summed E-state index contributed by atoms with van der Waals surface area (Å²) in [7, 11) is -3.43. The van der Waals surface area contributed by atoms with Crippen LogP contribution in [0.4, 0.5) is 5.13 Å². The van der Waals surface area contributed by atoms with Crippen LogP contribution >= 0.6 is 23.1 Å². The molecule has 0 bridgehead atoms. The summed E-state index contributed by atoms with van der Waals surface area (Å²) in [5.41, 5.74) is 1.02. The van der Waals surface area contributed by atoms with E-state index < -0.39 is 9.84 Å². The Morgan fingerprint density at radius 3 is 2.44 bits per heavy atom. The van der Waals surface area contributed by atoms with Crippen LogP contribution in [0.5, 0.6) is 0 Å². The van der Waals surface area contributed by atoms with Crippen molar-refractivity contribution in [3.05, 3.63) is 48.0 Å². The molecule has 172 valence electrons. The summed E-state index contributed by atoms with van der Waals surface area (Å²) < 4.78 is 25.2. The number of aromatic nitrogens is 1. The highest BCUT2D eigenvalue weighted by Crippen LogP contribution is 2.33. The molecule has 6 nitrogen and oxygen atoms in total. The van der Waals surface area contributed by atoms with Gasteiger partial charge in [0.25, 0.3) is 5.91 Å². The number of benzene rings is 2. The lowest BCUT2D eigenvalue weighted by atomic mass is 10.2. The summed E-state index contributed by atoms with van der Waals surface area (Å²) in [5, 5.41) is 0.516. The fraction of sp³-hybridized carbons (Fsp3) is 0.391. The number of nitrogens with zero attached hydrogens (tertiary/aromatic N) is 3. The molecule has 0 radical (unpaired) electrons. The molecule has 0 N–H and O–H groups in total. The first-order valence-electron chi connectivity index (χ1n) is 10.6. The zero-order valence-corrected chi connectivity index (χ0v) is 21.3. The molecule has 32 heavy (non-hydrogen) atoms. The van der Waals surface area contributed by atoms with Crippen LogP contribution in [0.3, 0.4) is 0 Å². The maximum atomic E-state index is 13.6. The van der Waals surface area contributed by atoms with Crippen molar-refractivity contribution in [2.45, 2.75) is 30.6 Å². The lowest BCUT2D eigenvalue weighted by Crippen LogP contribution is -2.38. The van der Waals surface area contributed by atoms with Crippen LogP contribution in [0.15, 0.2) is 52.3 Å². The largest absolute Gasteiger partial charge is 0.302 e. The second-order valence-electron chi connectivity index (χ2n) is 7.32. The van der Waals surface area contributed by atoms with Gasteiger partial charge in [0, 0.05) is 29.8 Å². The number of fused-ring (bicyclic) bond motifs is 1. The molecular formula is C23H29N3O3S3. The van der Waals surface area contributed by atoms with Gasteiger partial charge >= 0.3 is 0 Å². The number of carbonyl (C=O) groups excluding carboxylic acids is 1. The molecule has 0 aliphatic rings. The van der Waals surface area contributed by atoms with E-state index in [0.29, 0.717) is 29.3 Å². The lowest BCUT2D eigenvalue weighted by Gasteiger charge is -2.25. The van der Waals surface area contributed by atoms with Crippen LogP contribution in [-0.4, -0.2) is 62.4 Å². The number of hydrogen-bond acceptors (Lipinski definition) is 7. The number of thioether (sulfide) groups is 1. The van der Waals surface area contributed by atoms with Crippen LogP contribution in [0.1, 0.15) is 31.1 Å². The van der Waals surface area contributed by atoms with Crippen LogP contribution in [0.25, 0.3) is 10.2 Å². The normalized spacial score (nSPS) is 11.9. The zero-order valence-electron chi connectivity index (χ0n) is 18.9. The number of anilines is 1. The zero-order chi connectivity index (χ0) is 23.3. The molecule has 2 aromatic carbocycles. The van der Waals surface area contributed by atoms with E-state index in [1.54, 1.807) is 28.8 Å². The number of thiazole rings is 1. The van der Waals surface area contributed by atoms with Gasteiger partial charge in [-0.2, -0.15) is 0 Å². The maximum absolute atomic E-state index is 13.6. The maximum Gasteiger partial charge on any atom is 0.260 e. The van der Waals surface area contributed by atoms with Gasteiger partial charge in [0.1, 0.15) is 5.52 Å². The summed E-state index contributed by atoms with van der Waals surface area (Å²) >= 11 is 3.04. The standard InChI is InChI=1S/C23H29N3O3S3/c1-5-25(6-2)14-15-26(22(27)17-10-8-11-18(16-17)30-7-3)23-24-21-19(31-23)12-9-13-20(21)32(4,28)29/h8-13,16H,5-7,14-15H2,1-4H3. The van der Waals surface area contributed by atoms with Gasteiger partial charge in [-0.3, -0.25) is 9.69 Å². The lowest BCUT2D eigenvalue weighted by molar-refractivity contribution is 0.0983. The number of hydrogen-bond donors (Lipinski definition) is 0. The Morgan fingerprint density at radius 2 is 1.78 bits per heavy atom. The first kappa shape index (κ1) is 24.7. The SMILES string of the molecule is CCSc1cccc(C(=O)N(CCN(CC)CC)c2nc3c(S(C)(=O)=O)cccc3s2)c1. The molecular weight excluding hydrogens is 462 g/mol. The highest BCUT2D eigenvalue weighted by molar-refractivity contribution is 7.99. The van der Waals surface area contributed by atoms with Crippen molar-refractivity contribution in [2.75, 3.05) is 43.1 Å². The number of sulfone groups is 1. The van der Waals surface area contributed by atoms with Gasteiger partial charge in [-0.05, 0) is 49.2 Å². The van der Waals surface area contributed by atoms with Crippen molar-refractivity contribution >= 4 is 54.2 Å². The third kappa shape index (κ3) is 5.70.